The van der Waals surface area contributed by atoms with Crippen molar-refractivity contribution in [2.45, 2.75) is 57.5 Å². The molecule has 0 radical (unpaired) electrons. The molecule has 100 valence electrons. The summed E-state index contributed by atoms with van der Waals surface area (Å²) in [7, 11) is 0. The molecular formula is C12H21N5O. The van der Waals surface area contributed by atoms with Crippen LogP contribution in [-0.2, 0) is 6.42 Å². The second-order valence-corrected chi connectivity index (χ2v) is 4.88. The first kappa shape index (κ1) is 13.0. The van der Waals surface area contributed by atoms with Gasteiger partial charge in [-0.2, -0.15) is 0 Å². The van der Waals surface area contributed by atoms with Crippen LogP contribution in [0.25, 0.3) is 0 Å². The molecule has 0 aromatic carbocycles. The molecule has 6 heteroatoms. The van der Waals surface area contributed by atoms with Crippen molar-refractivity contribution in [3.63, 3.8) is 0 Å². The van der Waals surface area contributed by atoms with E-state index in [1.54, 1.807) is 0 Å². The summed E-state index contributed by atoms with van der Waals surface area (Å²) in [6.07, 6.45) is 5.97. The molecule has 1 saturated carbocycles. The third kappa shape index (κ3) is 3.07. The zero-order valence-electron chi connectivity index (χ0n) is 10.8. The molecule has 0 spiro atoms. The van der Waals surface area contributed by atoms with Crippen LogP contribution in [0.15, 0.2) is 0 Å². The van der Waals surface area contributed by atoms with Gasteiger partial charge in [0, 0.05) is 18.5 Å². The predicted octanol–water partition coefficient (Wildman–Crippen LogP) is 0.757. The van der Waals surface area contributed by atoms with Gasteiger partial charge in [0.05, 0.1) is 0 Å². The van der Waals surface area contributed by atoms with E-state index in [0.29, 0.717) is 0 Å². The first-order chi connectivity index (χ1) is 8.70. The summed E-state index contributed by atoms with van der Waals surface area (Å²) in [5.74, 6) is 0.753. The molecule has 2 unspecified atom stereocenters. The van der Waals surface area contributed by atoms with Gasteiger partial charge in [-0.15, -0.1) is 5.10 Å². The number of aryl methyl sites for hydroxylation is 1. The topological polar surface area (TPSA) is 96.7 Å². The standard InChI is InChI=1S/C12H21N5O/c1-2-5-10-15-11(17-16-10)12(18)14-9-7-4-3-6-8(9)13/h8-9H,2-7,13H2,1H3,(H,14,18)(H,15,16,17). The minimum Gasteiger partial charge on any atom is -0.345 e. The van der Waals surface area contributed by atoms with Crippen molar-refractivity contribution >= 4 is 5.91 Å². The summed E-state index contributed by atoms with van der Waals surface area (Å²) in [5.41, 5.74) is 5.99. The molecule has 1 heterocycles. The Kier molecular flexibility index (Phi) is 4.30. The lowest BCUT2D eigenvalue weighted by Crippen LogP contribution is -2.49. The van der Waals surface area contributed by atoms with E-state index in [1.807, 2.05) is 0 Å². The maximum Gasteiger partial charge on any atom is 0.291 e. The summed E-state index contributed by atoms with van der Waals surface area (Å²) in [6.45, 7) is 2.06. The Morgan fingerprint density at radius 1 is 1.50 bits per heavy atom. The van der Waals surface area contributed by atoms with Crippen molar-refractivity contribution in [1.82, 2.24) is 20.5 Å². The van der Waals surface area contributed by atoms with Gasteiger partial charge in [0.25, 0.3) is 5.91 Å². The molecule has 1 aromatic heterocycles. The highest BCUT2D eigenvalue weighted by Gasteiger charge is 2.25. The number of hydrogen-bond acceptors (Lipinski definition) is 4. The largest absolute Gasteiger partial charge is 0.345 e. The van der Waals surface area contributed by atoms with Gasteiger partial charge in [-0.25, -0.2) is 4.98 Å². The second kappa shape index (κ2) is 5.95. The molecule has 2 atom stereocenters. The van der Waals surface area contributed by atoms with Crippen molar-refractivity contribution in [3.8, 4) is 0 Å². The summed E-state index contributed by atoms with van der Waals surface area (Å²) in [4.78, 5) is 16.1. The number of aromatic amines is 1. The monoisotopic (exact) mass is 251 g/mol. The van der Waals surface area contributed by atoms with E-state index < -0.39 is 0 Å². The predicted molar refractivity (Wildman–Crippen MR) is 68.1 cm³/mol. The van der Waals surface area contributed by atoms with Gasteiger partial charge in [-0.1, -0.05) is 19.8 Å². The molecular weight excluding hydrogens is 230 g/mol. The highest BCUT2D eigenvalue weighted by atomic mass is 16.2. The third-order valence-corrected chi connectivity index (χ3v) is 3.36. The maximum atomic E-state index is 12.0. The summed E-state index contributed by atoms with van der Waals surface area (Å²) >= 11 is 0. The van der Waals surface area contributed by atoms with E-state index in [-0.39, 0.29) is 23.8 Å². The van der Waals surface area contributed by atoms with Crippen LogP contribution in [-0.4, -0.2) is 33.2 Å². The lowest BCUT2D eigenvalue weighted by Gasteiger charge is -2.28. The molecule has 1 aliphatic rings. The Morgan fingerprint density at radius 2 is 2.28 bits per heavy atom. The number of hydrogen-bond donors (Lipinski definition) is 3. The summed E-state index contributed by atoms with van der Waals surface area (Å²) in [5, 5.41) is 9.65. The average Bonchev–Trinajstić information content (AvgIpc) is 2.81. The zero-order chi connectivity index (χ0) is 13.0. The van der Waals surface area contributed by atoms with E-state index in [4.69, 9.17) is 5.73 Å². The Morgan fingerprint density at radius 3 is 3.00 bits per heavy atom. The normalized spacial score (nSPS) is 23.9. The van der Waals surface area contributed by atoms with Crippen molar-refractivity contribution in [3.05, 3.63) is 11.6 Å². The molecule has 6 nitrogen and oxygen atoms in total. The number of H-pyrrole nitrogens is 1. The van der Waals surface area contributed by atoms with Gasteiger partial charge in [-0.3, -0.25) is 9.89 Å². The maximum absolute atomic E-state index is 12.0. The van der Waals surface area contributed by atoms with Crippen molar-refractivity contribution in [1.29, 1.82) is 0 Å². The number of amides is 1. The van der Waals surface area contributed by atoms with Gasteiger partial charge in [0.2, 0.25) is 5.82 Å². The van der Waals surface area contributed by atoms with Crippen LogP contribution in [0.4, 0.5) is 0 Å². The number of rotatable bonds is 4. The Balaban J connectivity index is 1.93. The first-order valence-electron chi connectivity index (χ1n) is 6.68. The van der Waals surface area contributed by atoms with Crippen LogP contribution >= 0.6 is 0 Å². The van der Waals surface area contributed by atoms with Crippen LogP contribution < -0.4 is 11.1 Å². The molecule has 2 rings (SSSR count). The highest BCUT2D eigenvalue weighted by molar-refractivity contribution is 5.90. The van der Waals surface area contributed by atoms with Crippen LogP contribution in [0.1, 0.15) is 55.5 Å². The fourth-order valence-electron chi connectivity index (χ4n) is 2.32. The molecule has 1 aromatic rings. The summed E-state index contributed by atoms with van der Waals surface area (Å²) < 4.78 is 0. The van der Waals surface area contributed by atoms with Crippen LogP contribution in [0.2, 0.25) is 0 Å². The molecule has 1 amide bonds. The molecule has 1 aliphatic carbocycles. The minimum atomic E-state index is -0.226. The van der Waals surface area contributed by atoms with Gasteiger partial charge >= 0.3 is 0 Å². The van der Waals surface area contributed by atoms with E-state index in [9.17, 15) is 4.79 Å². The SMILES string of the molecule is CCCc1nc(C(=O)NC2CCCCC2N)n[nH]1. The lowest BCUT2D eigenvalue weighted by molar-refractivity contribution is 0.0911. The summed E-state index contributed by atoms with van der Waals surface area (Å²) in [6, 6.07) is 0.108. The van der Waals surface area contributed by atoms with Crippen LogP contribution in [0.5, 0.6) is 0 Å². The lowest BCUT2D eigenvalue weighted by atomic mass is 9.91. The number of carbonyl (C=O) groups is 1. The van der Waals surface area contributed by atoms with Gasteiger partial charge in [0.1, 0.15) is 5.82 Å². The Hall–Kier alpha value is -1.43. The molecule has 0 aliphatic heterocycles. The molecule has 18 heavy (non-hydrogen) atoms. The van der Waals surface area contributed by atoms with Crippen molar-refractivity contribution in [2.75, 3.05) is 0 Å². The average molecular weight is 251 g/mol. The number of nitrogens with zero attached hydrogens (tertiary/aromatic N) is 2. The minimum absolute atomic E-state index is 0.0526. The first-order valence-corrected chi connectivity index (χ1v) is 6.68. The number of aromatic nitrogens is 3. The molecule has 1 fully saturated rings. The van der Waals surface area contributed by atoms with Crippen molar-refractivity contribution < 1.29 is 4.79 Å². The van der Waals surface area contributed by atoms with Gasteiger partial charge < -0.3 is 11.1 Å². The number of carbonyl (C=O) groups excluding carboxylic acids is 1. The van der Waals surface area contributed by atoms with Gasteiger partial charge in [-0.05, 0) is 19.3 Å². The smallest absolute Gasteiger partial charge is 0.291 e. The van der Waals surface area contributed by atoms with E-state index >= 15 is 0 Å². The van der Waals surface area contributed by atoms with Crippen LogP contribution in [0, 0.1) is 0 Å². The third-order valence-electron chi connectivity index (χ3n) is 3.36. The number of nitrogens with one attached hydrogen (secondary N) is 2. The molecule has 0 bridgehead atoms. The highest BCUT2D eigenvalue weighted by Crippen LogP contribution is 2.17. The second-order valence-electron chi connectivity index (χ2n) is 4.88. The fourth-order valence-corrected chi connectivity index (χ4v) is 2.32. The number of nitrogens with two attached hydrogens (primary N) is 1. The fraction of sp³-hybridized carbons (Fsp3) is 0.750. The molecule has 4 N–H and O–H groups in total. The van der Waals surface area contributed by atoms with E-state index in [0.717, 1.165) is 44.3 Å². The van der Waals surface area contributed by atoms with E-state index in [2.05, 4.69) is 27.4 Å². The molecule has 0 saturated heterocycles. The Labute approximate surface area is 107 Å². The van der Waals surface area contributed by atoms with Crippen LogP contribution in [0.3, 0.4) is 0 Å². The zero-order valence-corrected chi connectivity index (χ0v) is 10.8. The van der Waals surface area contributed by atoms with E-state index in [1.165, 1.54) is 0 Å². The quantitative estimate of drug-likeness (QED) is 0.736. The van der Waals surface area contributed by atoms with Gasteiger partial charge in [0.15, 0.2) is 0 Å². The Bertz CT molecular complexity index is 403. The van der Waals surface area contributed by atoms with Crippen molar-refractivity contribution in [2.24, 2.45) is 5.73 Å².